The lowest BCUT2D eigenvalue weighted by Crippen LogP contribution is -2.17. The van der Waals surface area contributed by atoms with Crippen LogP contribution < -0.4 is 5.73 Å². The Morgan fingerprint density at radius 1 is 1.12 bits per heavy atom. The van der Waals surface area contributed by atoms with Gasteiger partial charge in [-0.15, -0.1) is 0 Å². The molecular weight excluding hydrogens is 214 g/mol. The van der Waals surface area contributed by atoms with E-state index in [1.54, 1.807) is 0 Å². The fraction of sp³-hybridized carbons (Fsp3) is 0.286. The minimum Gasteiger partial charge on any atom is -0.394 e. The summed E-state index contributed by atoms with van der Waals surface area (Å²) in [5.41, 5.74) is 6.81. The molecule has 0 radical (unpaired) electrons. The van der Waals surface area contributed by atoms with Crippen LogP contribution in [0.4, 0.5) is 0 Å². The van der Waals surface area contributed by atoms with Gasteiger partial charge in [0.05, 0.1) is 19.3 Å². The number of hydrogen-bond acceptors (Lipinski definition) is 3. The topological polar surface area (TPSA) is 55.5 Å². The molecule has 0 saturated carbocycles. The van der Waals surface area contributed by atoms with E-state index in [9.17, 15) is 0 Å². The number of fused-ring (bicyclic) bond motifs is 1. The van der Waals surface area contributed by atoms with Crippen LogP contribution in [0.25, 0.3) is 10.8 Å². The molecule has 0 aliphatic rings. The molecular formula is C14H17NO2. The van der Waals surface area contributed by atoms with Crippen LogP contribution in [0.15, 0.2) is 42.5 Å². The molecule has 0 aliphatic heterocycles. The summed E-state index contributed by atoms with van der Waals surface area (Å²) in [5, 5.41) is 11.1. The lowest BCUT2D eigenvalue weighted by atomic mass is 10.0. The smallest absolute Gasteiger partial charge is 0.0954 e. The van der Waals surface area contributed by atoms with Gasteiger partial charge < -0.3 is 15.6 Å². The fourth-order valence-corrected chi connectivity index (χ4v) is 2.01. The molecule has 2 rings (SSSR count). The number of rotatable bonds is 5. The maximum absolute atomic E-state index is 8.81. The molecule has 0 fully saturated rings. The predicted molar refractivity (Wildman–Crippen MR) is 68.8 cm³/mol. The number of hydrogen-bond donors (Lipinski definition) is 2. The van der Waals surface area contributed by atoms with E-state index in [1.165, 1.54) is 5.39 Å². The molecule has 0 aliphatic carbocycles. The average Bonchev–Trinajstić information content (AvgIpc) is 2.40. The van der Waals surface area contributed by atoms with Crippen molar-refractivity contribution in [2.75, 3.05) is 19.8 Å². The molecule has 0 heterocycles. The first-order chi connectivity index (χ1) is 8.36. The predicted octanol–water partition coefficient (Wildman–Crippen LogP) is 1.85. The Hall–Kier alpha value is -1.42. The monoisotopic (exact) mass is 231 g/mol. The van der Waals surface area contributed by atoms with E-state index in [0.29, 0.717) is 13.2 Å². The first-order valence-corrected chi connectivity index (χ1v) is 5.77. The van der Waals surface area contributed by atoms with Gasteiger partial charge in [0.1, 0.15) is 0 Å². The van der Waals surface area contributed by atoms with E-state index in [1.807, 2.05) is 24.3 Å². The first-order valence-electron chi connectivity index (χ1n) is 5.77. The van der Waals surface area contributed by atoms with Crippen LogP contribution in [-0.2, 0) is 4.74 Å². The molecule has 0 aromatic heterocycles. The zero-order valence-electron chi connectivity index (χ0n) is 9.67. The molecule has 90 valence electrons. The van der Waals surface area contributed by atoms with Crippen molar-refractivity contribution >= 4 is 10.8 Å². The standard InChI is InChI=1S/C14H17NO2/c15-10-14(17-9-8-16)13-7-3-5-11-4-1-2-6-12(11)13/h1-7,14,16H,8-10,15H2. The molecule has 0 bridgehead atoms. The van der Waals surface area contributed by atoms with Crippen LogP contribution >= 0.6 is 0 Å². The number of ether oxygens (including phenoxy) is 1. The molecule has 3 heteroatoms. The van der Waals surface area contributed by atoms with Crippen LogP contribution in [0.2, 0.25) is 0 Å². The van der Waals surface area contributed by atoms with Gasteiger partial charge in [0.2, 0.25) is 0 Å². The minimum absolute atomic E-state index is 0.0151. The zero-order valence-corrected chi connectivity index (χ0v) is 9.67. The zero-order chi connectivity index (χ0) is 12.1. The van der Waals surface area contributed by atoms with Crippen molar-refractivity contribution < 1.29 is 9.84 Å². The summed E-state index contributed by atoms with van der Waals surface area (Å²) in [6.07, 6.45) is -0.159. The van der Waals surface area contributed by atoms with E-state index in [2.05, 4.69) is 18.2 Å². The molecule has 0 saturated heterocycles. The highest BCUT2D eigenvalue weighted by atomic mass is 16.5. The quantitative estimate of drug-likeness (QED) is 0.825. The third-order valence-corrected chi connectivity index (χ3v) is 2.79. The number of benzene rings is 2. The summed E-state index contributed by atoms with van der Waals surface area (Å²) >= 11 is 0. The van der Waals surface area contributed by atoms with Crippen molar-refractivity contribution in [3.63, 3.8) is 0 Å². The normalized spacial score (nSPS) is 12.8. The molecule has 2 aromatic rings. The summed E-state index contributed by atoms with van der Waals surface area (Å²) < 4.78 is 5.56. The Labute approximate surface area is 101 Å². The second-order valence-electron chi connectivity index (χ2n) is 3.89. The maximum Gasteiger partial charge on any atom is 0.0954 e. The molecule has 0 spiro atoms. The second-order valence-corrected chi connectivity index (χ2v) is 3.89. The van der Waals surface area contributed by atoms with Gasteiger partial charge in [0.15, 0.2) is 0 Å². The van der Waals surface area contributed by atoms with Crippen LogP contribution in [0, 0.1) is 0 Å². The summed E-state index contributed by atoms with van der Waals surface area (Å²) in [7, 11) is 0. The lowest BCUT2D eigenvalue weighted by molar-refractivity contribution is 0.0336. The van der Waals surface area contributed by atoms with Gasteiger partial charge in [-0.1, -0.05) is 42.5 Å². The third kappa shape index (κ3) is 2.64. The van der Waals surface area contributed by atoms with Crippen molar-refractivity contribution in [3.05, 3.63) is 48.0 Å². The van der Waals surface area contributed by atoms with Gasteiger partial charge >= 0.3 is 0 Å². The Morgan fingerprint density at radius 3 is 2.65 bits per heavy atom. The molecule has 1 atom stereocenters. The highest BCUT2D eigenvalue weighted by Crippen LogP contribution is 2.25. The molecule has 3 N–H and O–H groups in total. The van der Waals surface area contributed by atoms with Gasteiger partial charge in [-0.3, -0.25) is 0 Å². The second kappa shape index (κ2) is 5.77. The average molecular weight is 231 g/mol. The Morgan fingerprint density at radius 2 is 1.88 bits per heavy atom. The van der Waals surface area contributed by atoms with Gasteiger partial charge in [-0.2, -0.15) is 0 Å². The largest absolute Gasteiger partial charge is 0.394 e. The summed E-state index contributed by atoms with van der Waals surface area (Å²) in [6, 6.07) is 14.2. The van der Waals surface area contributed by atoms with E-state index in [0.717, 1.165) is 10.9 Å². The molecule has 1 unspecified atom stereocenters. The summed E-state index contributed by atoms with van der Waals surface area (Å²) in [4.78, 5) is 0. The van der Waals surface area contributed by atoms with Gasteiger partial charge in [-0.25, -0.2) is 0 Å². The Bertz CT molecular complexity index is 479. The number of aliphatic hydroxyl groups is 1. The van der Waals surface area contributed by atoms with Crippen molar-refractivity contribution in [2.24, 2.45) is 5.73 Å². The van der Waals surface area contributed by atoms with Crippen molar-refractivity contribution in [2.45, 2.75) is 6.10 Å². The summed E-state index contributed by atoms with van der Waals surface area (Å²) in [6.45, 7) is 0.736. The van der Waals surface area contributed by atoms with Gasteiger partial charge in [0.25, 0.3) is 0 Å². The van der Waals surface area contributed by atoms with Gasteiger partial charge in [0, 0.05) is 6.54 Å². The van der Waals surface area contributed by atoms with Crippen molar-refractivity contribution in [1.82, 2.24) is 0 Å². The van der Waals surface area contributed by atoms with Crippen LogP contribution in [0.3, 0.4) is 0 Å². The Kier molecular flexibility index (Phi) is 4.09. The van der Waals surface area contributed by atoms with Crippen LogP contribution in [-0.4, -0.2) is 24.9 Å². The maximum atomic E-state index is 8.81. The highest BCUT2D eigenvalue weighted by molar-refractivity contribution is 5.86. The van der Waals surface area contributed by atoms with E-state index >= 15 is 0 Å². The van der Waals surface area contributed by atoms with Crippen LogP contribution in [0.5, 0.6) is 0 Å². The molecule has 3 nitrogen and oxygen atoms in total. The molecule has 0 amide bonds. The van der Waals surface area contributed by atoms with Crippen molar-refractivity contribution in [1.29, 1.82) is 0 Å². The van der Waals surface area contributed by atoms with E-state index in [4.69, 9.17) is 15.6 Å². The van der Waals surface area contributed by atoms with Gasteiger partial charge in [-0.05, 0) is 16.3 Å². The third-order valence-electron chi connectivity index (χ3n) is 2.79. The number of nitrogens with two attached hydrogens (primary N) is 1. The Balaban J connectivity index is 2.38. The molecule has 2 aromatic carbocycles. The SMILES string of the molecule is NCC(OCCO)c1cccc2ccccc12. The minimum atomic E-state index is -0.159. The van der Waals surface area contributed by atoms with Crippen molar-refractivity contribution in [3.8, 4) is 0 Å². The fourth-order valence-electron chi connectivity index (χ4n) is 2.01. The number of aliphatic hydroxyl groups excluding tert-OH is 1. The highest BCUT2D eigenvalue weighted by Gasteiger charge is 2.12. The molecule has 17 heavy (non-hydrogen) atoms. The summed E-state index contributed by atoms with van der Waals surface area (Å²) in [5.74, 6) is 0. The lowest BCUT2D eigenvalue weighted by Gasteiger charge is -2.17. The first kappa shape index (κ1) is 12.0. The van der Waals surface area contributed by atoms with E-state index < -0.39 is 0 Å². The van der Waals surface area contributed by atoms with Crippen LogP contribution in [0.1, 0.15) is 11.7 Å². The van der Waals surface area contributed by atoms with E-state index in [-0.39, 0.29) is 12.7 Å².